The van der Waals surface area contributed by atoms with E-state index in [0.29, 0.717) is 41.3 Å². The molecule has 2 fully saturated rings. The van der Waals surface area contributed by atoms with Crippen molar-refractivity contribution in [3.05, 3.63) is 66.1 Å². The van der Waals surface area contributed by atoms with Crippen LogP contribution in [0.2, 0.25) is 0 Å². The molecule has 2 bridgehead atoms. The van der Waals surface area contributed by atoms with Crippen molar-refractivity contribution in [2.24, 2.45) is 17.8 Å². The molecule has 2 aromatic heterocycles. The third-order valence-electron chi connectivity index (χ3n) is 6.92. The van der Waals surface area contributed by atoms with Gasteiger partial charge in [-0.3, -0.25) is 4.79 Å². The Labute approximate surface area is 222 Å². The summed E-state index contributed by atoms with van der Waals surface area (Å²) in [5.74, 6) is 0.820. The van der Waals surface area contributed by atoms with Gasteiger partial charge in [0.15, 0.2) is 5.03 Å². The highest BCUT2D eigenvalue weighted by Crippen LogP contribution is 2.39. The molecule has 38 heavy (non-hydrogen) atoms. The SMILES string of the molecule is CC(C)COc1cc(F)cc(-c2ccc(C(=O)NS(=O)(=O)c3ccccn3)c(N3CC4CC[C@@H](C4)C3)n2)c1. The van der Waals surface area contributed by atoms with Gasteiger partial charge in [-0.2, -0.15) is 8.42 Å². The lowest BCUT2D eigenvalue weighted by Gasteiger charge is -2.34. The van der Waals surface area contributed by atoms with Crippen LogP contribution in [0.4, 0.5) is 10.2 Å². The number of carbonyl (C=O) groups excluding carboxylic acids is 1. The molecule has 0 radical (unpaired) electrons. The zero-order valence-corrected chi connectivity index (χ0v) is 22.2. The van der Waals surface area contributed by atoms with E-state index in [1.54, 1.807) is 24.3 Å². The lowest BCUT2D eigenvalue weighted by atomic mass is 9.98. The van der Waals surface area contributed by atoms with E-state index in [2.05, 4.69) is 14.6 Å². The first kappa shape index (κ1) is 26.1. The van der Waals surface area contributed by atoms with E-state index in [9.17, 15) is 17.6 Å². The molecule has 1 aliphatic carbocycles. The lowest BCUT2D eigenvalue weighted by Crippen LogP contribution is -2.39. The fourth-order valence-corrected chi connectivity index (χ4v) is 6.12. The average Bonchev–Trinajstić information content (AvgIpc) is 3.24. The van der Waals surface area contributed by atoms with Gasteiger partial charge in [0.25, 0.3) is 15.9 Å². The summed E-state index contributed by atoms with van der Waals surface area (Å²) in [5.41, 5.74) is 1.12. The van der Waals surface area contributed by atoms with Crippen LogP contribution in [0.25, 0.3) is 11.3 Å². The fourth-order valence-electron chi connectivity index (χ4n) is 5.20. The van der Waals surface area contributed by atoms with Gasteiger partial charge in [0, 0.05) is 30.9 Å². The molecular formula is C28H31FN4O4S. The van der Waals surface area contributed by atoms with Crippen LogP contribution < -0.4 is 14.4 Å². The van der Waals surface area contributed by atoms with E-state index in [-0.39, 0.29) is 16.5 Å². The van der Waals surface area contributed by atoms with Gasteiger partial charge in [0.05, 0.1) is 17.9 Å². The quantitative estimate of drug-likeness (QED) is 0.445. The molecule has 200 valence electrons. The number of aromatic nitrogens is 2. The molecule has 2 atom stereocenters. The second-order valence-corrected chi connectivity index (χ2v) is 12.1. The lowest BCUT2D eigenvalue weighted by molar-refractivity contribution is 0.0981. The van der Waals surface area contributed by atoms with Crippen LogP contribution in [0, 0.1) is 23.6 Å². The number of hydrogen-bond donors (Lipinski definition) is 1. The number of rotatable bonds is 8. The van der Waals surface area contributed by atoms with Crippen molar-refractivity contribution >= 4 is 21.7 Å². The number of halogens is 1. The summed E-state index contributed by atoms with van der Waals surface area (Å²) in [5, 5.41) is -0.246. The molecule has 8 nitrogen and oxygen atoms in total. The monoisotopic (exact) mass is 538 g/mol. The Balaban J connectivity index is 1.51. The first-order valence-corrected chi connectivity index (χ1v) is 14.3. The molecule has 5 rings (SSSR count). The minimum absolute atomic E-state index is 0.141. The van der Waals surface area contributed by atoms with Crippen LogP contribution in [-0.2, 0) is 10.0 Å². The molecule has 3 heterocycles. The molecule has 3 aromatic rings. The van der Waals surface area contributed by atoms with E-state index in [1.807, 2.05) is 13.8 Å². The number of pyridine rings is 2. The molecule has 10 heteroatoms. The van der Waals surface area contributed by atoms with Gasteiger partial charge in [0.2, 0.25) is 0 Å². The number of ether oxygens (including phenoxy) is 1. The number of nitrogens with zero attached hydrogens (tertiary/aromatic N) is 3. The number of benzene rings is 1. The molecule has 0 spiro atoms. The Morgan fingerprint density at radius 2 is 1.89 bits per heavy atom. The summed E-state index contributed by atoms with van der Waals surface area (Å²) >= 11 is 0. The predicted molar refractivity (Wildman–Crippen MR) is 142 cm³/mol. The van der Waals surface area contributed by atoms with Crippen LogP contribution >= 0.6 is 0 Å². The number of sulfonamides is 1. The third kappa shape index (κ3) is 5.80. The topological polar surface area (TPSA) is 101 Å². The number of fused-ring (bicyclic) bond motifs is 2. The summed E-state index contributed by atoms with van der Waals surface area (Å²) in [4.78, 5) is 24.0. The van der Waals surface area contributed by atoms with Crippen molar-refractivity contribution in [1.29, 1.82) is 0 Å². The van der Waals surface area contributed by atoms with Crippen molar-refractivity contribution in [3.8, 4) is 17.0 Å². The van der Waals surface area contributed by atoms with Gasteiger partial charge in [-0.1, -0.05) is 19.9 Å². The smallest absolute Gasteiger partial charge is 0.281 e. The predicted octanol–water partition coefficient (Wildman–Crippen LogP) is 4.67. The van der Waals surface area contributed by atoms with Crippen molar-refractivity contribution in [2.75, 3.05) is 24.6 Å². The van der Waals surface area contributed by atoms with Crippen molar-refractivity contribution in [1.82, 2.24) is 14.7 Å². The minimum atomic E-state index is -4.17. The van der Waals surface area contributed by atoms with Crippen molar-refractivity contribution < 1.29 is 22.3 Å². The van der Waals surface area contributed by atoms with E-state index in [0.717, 1.165) is 32.4 Å². The van der Waals surface area contributed by atoms with Gasteiger partial charge in [-0.05, 0) is 73.4 Å². The zero-order chi connectivity index (χ0) is 26.9. The van der Waals surface area contributed by atoms with Gasteiger partial charge < -0.3 is 9.64 Å². The number of carbonyl (C=O) groups is 1. The molecular weight excluding hydrogens is 507 g/mol. The standard InChI is InChI=1S/C28H31FN4O4S/c1-18(2)17-37-23-13-21(12-22(29)14-23)25-9-8-24(27(31-25)33-15-19-6-7-20(11-19)16-33)28(34)32-38(35,36)26-5-3-4-10-30-26/h3-5,8-10,12-14,18-20H,6-7,11,15-17H2,1-2H3,(H,32,34)/t19-,20?/m0/s1. The van der Waals surface area contributed by atoms with Crippen molar-refractivity contribution in [2.45, 2.75) is 38.1 Å². The van der Waals surface area contributed by atoms with Gasteiger partial charge in [-0.15, -0.1) is 0 Å². The van der Waals surface area contributed by atoms with Crippen molar-refractivity contribution in [3.63, 3.8) is 0 Å². The highest BCUT2D eigenvalue weighted by atomic mass is 32.2. The molecule has 2 aliphatic rings. The van der Waals surface area contributed by atoms with Crippen LogP contribution in [-0.4, -0.2) is 44.0 Å². The highest BCUT2D eigenvalue weighted by Gasteiger charge is 2.35. The van der Waals surface area contributed by atoms with E-state index in [1.165, 1.54) is 30.5 Å². The number of anilines is 1. The second-order valence-electron chi connectivity index (χ2n) is 10.5. The summed E-state index contributed by atoms with van der Waals surface area (Å²) in [7, 11) is -4.17. The van der Waals surface area contributed by atoms with Crippen LogP contribution in [0.1, 0.15) is 43.5 Å². The third-order valence-corrected chi connectivity index (χ3v) is 8.16. The van der Waals surface area contributed by atoms with Crippen LogP contribution in [0.15, 0.2) is 59.8 Å². The first-order chi connectivity index (χ1) is 18.2. The average molecular weight is 539 g/mol. The molecule has 1 aromatic carbocycles. The summed E-state index contributed by atoms with van der Waals surface area (Å²) < 4.78 is 48.0. The Kier molecular flexibility index (Phi) is 7.34. The number of amides is 1. The van der Waals surface area contributed by atoms with E-state index in [4.69, 9.17) is 9.72 Å². The molecule has 1 N–H and O–H groups in total. The Bertz CT molecular complexity index is 1420. The van der Waals surface area contributed by atoms with Gasteiger partial charge in [0.1, 0.15) is 17.4 Å². The largest absolute Gasteiger partial charge is 0.493 e. The fraction of sp³-hybridized carbons (Fsp3) is 0.393. The highest BCUT2D eigenvalue weighted by molar-refractivity contribution is 7.90. The Hall–Kier alpha value is -3.53. The van der Waals surface area contributed by atoms with Crippen LogP contribution in [0.5, 0.6) is 5.75 Å². The Morgan fingerprint density at radius 1 is 1.13 bits per heavy atom. The maximum atomic E-state index is 14.5. The van der Waals surface area contributed by atoms with E-state index >= 15 is 0 Å². The summed E-state index contributed by atoms with van der Waals surface area (Å²) in [6, 6.07) is 12.0. The number of piperidine rings is 1. The van der Waals surface area contributed by atoms with Crippen LogP contribution in [0.3, 0.4) is 0 Å². The van der Waals surface area contributed by atoms with E-state index < -0.39 is 21.7 Å². The second kappa shape index (κ2) is 10.7. The molecule has 1 amide bonds. The molecule has 1 saturated carbocycles. The maximum absolute atomic E-state index is 14.5. The molecule has 1 saturated heterocycles. The minimum Gasteiger partial charge on any atom is -0.493 e. The zero-order valence-electron chi connectivity index (χ0n) is 21.4. The van der Waals surface area contributed by atoms with Gasteiger partial charge >= 0.3 is 0 Å². The maximum Gasteiger partial charge on any atom is 0.281 e. The first-order valence-electron chi connectivity index (χ1n) is 12.9. The summed E-state index contributed by atoms with van der Waals surface area (Å²) in [6.45, 7) is 5.93. The number of nitrogens with one attached hydrogen (secondary N) is 1. The Morgan fingerprint density at radius 3 is 2.58 bits per heavy atom. The number of hydrogen-bond acceptors (Lipinski definition) is 7. The molecule has 1 unspecified atom stereocenters. The molecule has 1 aliphatic heterocycles. The normalized spacial score (nSPS) is 19.0. The summed E-state index contributed by atoms with van der Waals surface area (Å²) in [6.07, 6.45) is 4.74. The van der Waals surface area contributed by atoms with Gasteiger partial charge in [-0.25, -0.2) is 19.1 Å².